The molecule has 1 saturated carbocycles. The van der Waals surface area contributed by atoms with E-state index in [4.69, 9.17) is 0 Å². The summed E-state index contributed by atoms with van der Waals surface area (Å²) in [6.45, 7) is 11.1. The molecule has 2 rings (SSSR count). The molecule has 1 nitrogen and oxygen atoms in total. The number of hydrogen-bond donors (Lipinski definition) is 0. The number of allylic oxidation sites excluding steroid dienone is 6. The Labute approximate surface area is 157 Å². The third kappa shape index (κ3) is 7.52. The quantitative estimate of drug-likeness (QED) is 0.312. The second kappa shape index (κ2) is 11.7. The molecule has 0 radical (unpaired) electrons. The molecule has 0 aromatic heterocycles. The molecule has 0 bridgehead atoms. The van der Waals surface area contributed by atoms with Crippen molar-refractivity contribution in [1.29, 1.82) is 0 Å². The van der Waals surface area contributed by atoms with Crippen molar-refractivity contribution in [3.63, 3.8) is 0 Å². The molecule has 25 heavy (non-hydrogen) atoms. The normalized spacial score (nSPS) is 26.7. The Balaban J connectivity index is 1.62. The van der Waals surface area contributed by atoms with Gasteiger partial charge in [-0.25, -0.2) is 0 Å². The SMILES string of the molecule is CCCN(CCCCCC1=CCC=CCCC=C1)CC1CC(C)C1C. The maximum Gasteiger partial charge on any atom is 0.00124 e. The molecule has 0 aromatic carbocycles. The molecule has 2 aliphatic carbocycles. The van der Waals surface area contributed by atoms with Crippen molar-refractivity contribution in [3.05, 3.63) is 36.0 Å². The molecule has 3 atom stereocenters. The van der Waals surface area contributed by atoms with Crippen molar-refractivity contribution in [2.24, 2.45) is 17.8 Å². The lowest BCUT2D eigenvalue weighted by Gasteiger charge is -2.43. The number of rotatable bonds is 10. The number of nitrogens with zero attached hydrogens (tertiary/aromatic N) is 1. The van der Waals surface area contributed by atoms with Crippen molar-refractivity contribution in [3.8, 4) is 0 Å². The predicted molar refractivity (Wildman–Crippen MR) is 112 cm³/mol. The van der Waals surface area contributed by atoms with E-state index < -0.39 is 0 Å². The third-order valence-electron chi connectivity index (χ3n) is 6.30. The van der Waals surface area contributed by atoms with Gasteiger partial charge in [-0.2, -0.15) is 0 Å². The molecule has 0 aromatic rings. The summed E-state index contributed by atoms with van der Waals surface area (Å²) in [5, 5.41) is 0. The van der Waals surface area contributed by atoms with Gasteiger partial charge in [0.05, 0.1) is 0 Å². The van der Waals surface area contributed by atoms with Crippen LogP contribution in [0.4, 0.5) is 0 Å². The monoisotopic (exact) mass is 343 g/mol. The van der Waals surface area contributed by atoms with Gasteiger partial charge in [0.1, 0.15) is 0 Å². The molecule has 2 aliphatic rings. The lowest BCUT2D eigenvalue weighted by Crippen LogP contribution is -2.42. The second-order valence-corrected chi connectivity index (χ2v) is 8.41. The van der Waals surface area contributed by atoms with Crippen LogP contribution in [-0.2, 0) is 0 Å². The zero-order chi connectivity index (χ0) is 17.9. The molecule has 0 heterocycles. The van der Waals surface area contributed by atoms with Crippen LogP contribution >= 0.6 is 0 Å². The van der Waals surface area contributed by atoms with Crippen molar-refractivity contribution in [1.82, 2.24) is 4.90 Å². The van der Waals surface area contributed by atoms with Crippen LogP contribution in [0.3, 0.4) is 0 Å². The number of unbranched alkanes of at least 4 members (excludes halogenated alkanes) is 2. The van der Waals surface area contributed by atoms with Crippen LogP contribution in [0.2, 0.25) is 0 Å². The van der Waals surface area contributed by atoms with Gasteiger partial charge in [-0.15, -0.1) is 0 Å². The Morgan fingerprint density at radius 2 is 1.84 bits per heavy atom. The molecule has 142 valence electrons. The molecule has 0 amide bonds. The molecular weight excluding hydrogens is 302 g/mol. The van der Waals surface area contributed by atoms with Gasteiger partial charge in [-0.05, 0) is 82.2 Å². The zero-order valence-electron chi connectivity index (χ0n) is 17.1. The Morgan fingerprint density at radius 3 is 2.60 bits per heavy atom. The van der Waals surface area contributed by atoms with E-state index in [9.17, 15) is 0 Å². The Morgan fingerprint density at radius 1 is 1.00 bits per heavy atom. The smallest absolute Gasteiger partial charge is 0.00124 e. The molecule has 0 saturated heterocycles. The van der Waals surface area contributed by atoms with E-state index in [1.807, 2.05) is 0 Å². The van der Waals surface area contributed by atoms with Gasteiger partial charge in [-0.3, -0.25) is 0 Å². The van der Waals surface area contributed by atoms with Gasteiger partial charge in [-0.1, -0.05) is 63.1 Å². The highest BCUT2D eigenvalue weighted by Crippen LogP contribution is 2.40. The maximum atomic E-state index is 2.75. The van der Waals surface area contributed by atoms with E-state index >= 15 is 0 Å². The molecule has 0 aliphatic heterocycles. The predicted octanol–water partition coefficient (Wildman–Crippen LogP) is 6.77. The molecular formula is C24H41N. The highest BCUT2D eigenvalue weighted by atomic mass is 15.1. The topological polar surface area (TPSA) is 3.24 Å². The molecule has 0 N–H and O–H groups in total. The van der Waals surface area contributed by atoms with Gasteiger partial charge in [0.2, 0.25) is 0 Å². The van der Waals surface area contributed by atoms with Gasteiger partial charge in [0, 0.05) is 6.54 Å². The van der Waals surface area contributed by atoms with Crippen molar-refractivity contribution >= 4 is 0 Å². The second-order valence-electron chi connectivity index (χ2n) is 8.41. The first-order valence-electron chi connectivity index (χ1n) is 10.9. The summed E-state index contributed by atoms with van der Waals surface area (Å²) in [5.41, 5.74) is 1.55. The van der Waals surface area contributed by atoms with Gasteiger partial charge < -0.3 is 4.90 Å². The van der Waals surface area contributed by atoms with Crippen molar-refractivity contribution < 1.29 is 0 Å². The van der Waals surface area contributed by atoms with E-state index in [1.165, 1.54) is 71.0 Å². The highest BCUT2D eigenvalue weighted by Gasteiger charge is 2.34. The van der Waals surface area contributed by atoms with Crippen molar-refractivity contribution in [2.75, 3.05) is 19.6 Å². The minimum Gasteiger partial charge on any atom is -0.303 e. The summed E-state index contributed by atoms with van der Waals surface area (Å²) in [6.07, 6.45) is 23.4. The first-order chi connectivity index (χ1) is 12.2. The molecule has 3 unspecified atom stereocenters. The van der Waals surface area contributed by atoms with Crippen LogP contribution in [0, 0.1) is 17.8 Å². The van der Waals surface area contributed by atoms with E-state index in [0.29, 0.717) is 0 Å². The van der Waals surface area contributed by atoms with Crippen LogP contribution in [0.15, 0.2) is 36.0 Å². The minimum absolute atomic E-state index is 0.940. The highest BCUT2D eigenvalue weighted by molar-refractivity contribution is 5.20. The van der Waals surface area contributed by atoms with Gasteiger partial charge >= 0.3 is 0 Å². The van der Waals surface area contributed by atoms with Crippen LogP contribution in [0.25, 0.3) is 0 Å². The average Bonchev–Trinajstić information content (AvgIpc) is 2.74. The lowest BCUT2D eigenvalue weighted by molar-refractivity contribution is 0.0606. The fourth-order valence-corrected chi connectivity index (χ4v) is 4.31. The van der Waals surface area contributed by atoms with E-state index in [1.54, 1.807) is 5.57 Å². The van der Waals surface area contributed by atoms with Crippen LogP contribution in [-0.4, -0.2) is 24.5 Å². The first-order valence-corrected chi connectivity index (χ1v) is 10.9. The standard InChI is InChI=1S/C24H41N/c1-4-17-25(20-24-19-21(2)22(24)3)18-13-9-12-16-23-14-10-7-5-6-8-11-15-23/h5,7,11,14-15,21-22,24H,4,6,8-10,12-13,16-20H2,1-3H3. The van der Waals surface area contributed by atoms with Crippen LogP contribution in [0.5, 0.6) is 0 Å². The summed E-state index contributed by atoms with van der Waals surface area (Å²) in [5.74, 6) is 2.86. The summed E-state index contributed by atoms with van der Waals surface area (Å²) >= 11 is 0. The average molecular weight is 344 g/mol. The summed E-state index contributed by atoms with van der Waals surface area (Å²) < 4.78 is 0. The Kier molecular flexibility index (Phi) is 9.61. The zero-order valence-corrected chi connectivity index (χ0v) is 17.1. The first kappa shape index (κ1) is 20.5. The summed E-state index contributed by atoms with van der Waals surface area (Å²) in [7, 11) is 0. The fourth-order valence-electron chi connectivity index (χ4n) is 4.31. The third-order valence-corrected chi connectivity index (χ3v) is 6.30. The van der Waals surface area contributed by atoms with E-state index in [-0.39, 0.29) is 0 Å². The van der Waals surface area contributed by atoms with E-state index in [0.717, 1.165) is 24.2 Å². The van der Waals surface area contributed by atoms with Crippen molar-refractivity contribution in [2.45, 2.75) is 78.6 Å². The molecule has 1 fully saturated rings. The summed E-state index contributed by atoms with van der Waals surface area (Å²) in [4.78, 5) is 2.75. The van der Waals surface area contributed by atoms with Crippen LogP contribution in [0.1, 0.15) is 78.6 Å². The minimum atomic E-state index is 0.940. The van der Waals surface area contributed by atoms with Gasteiger partial charge in [0.25, 0.3) is 0 Å². The number of hydrogen-bond acceptors (Lipinski definition) is 1. The largest absolute Gasteiger partial charge is 0.303 e. The van der Waals surface area contributed by atoms with Crippen LogP contribution < -0.4 is 0 Å². The molecule has 0 spiro atoms. The van der Waals surface area contributed by atoms with E-state index in [2.05, 4.69) is 56.1 Å². The fraction of sp³-hybridized carbons (Fsp3) is 0.750. The van der Waals surface area contributed by atoms with Gasteiger partial charge in [0.15, 0.2) is 0 Å². The molecule has 1 heteroatoms. The maximum absolute atomic E-state index is 2.75. The Bertz CT molecular complexity index is 445. The lowest BCUT2D eigenvalue weighted by atomic mass is 9.66. The summed E-state index contributed by atoms with van der Waals surface area (Å²) in [6, 6.07) is 0. The Hall–Kier alpha value is -0.820.